The van der Waals surface area contributed by atoms with Crippen molar-refractivity contribution in [2.75, 3.05) is 33.3 Å². The molecule has 9 heteroatoms. The summed E-state index contributed by atoms with van der Waals surface area (Å²) in [4.78, 5) is 15.5. The number of hydrogen-bond acceptors (Lipinski definition) is 6. The van der Waals surface area contributed by atoms with Gasteiger partial charge in [0.05, 0.1) is 13.2 Å². The molecule has 0 radical (unpaired) electrons. The number of hydrogen-bond donors (Lipinski definition) is 1. The maximum Gasteiger partial charge on any atom is 0.253 e. The number of thiophene rings is 1. The molecule has 1 aromatic heterocycles. The molecule has 0 saturated carbocycles. The lowest BCUT2D eigenvalue weighted by molar-refractivity contribution is -0.124. The van der Waals surface area contributed by atoms with Crippen LogP contribution in [0.5, 0.6) is 5.75 Å². The van der Waals surface area contributed by atoms with E-state index in [2.05, 4.69) is 16.3 Å². The summed E-state index contributed by atoms with van der Waals surface area (Å²) in [5.41, 5.74) is 1.09. The Labute approximate surface area is 188 Å². The largest absolute Gasteiger partial charge is 0.497 e. The molecule has 1 amide bonds. The molecule has 2 atom stereocenters. The van der Waals surface area contributed by atoms with Crippen LogP contribution in [0, 0.1) is 0 Å². The molecular formula is C22H29N3O4S2. The fraction of sp³-hybridized carbons (Fsp3) is 0.500. The van der Waals surface area contributed by atoms with Crippen LogP contribution in [-0.2, 0) is 14.8 Å². The second-order valence-corrected chi connectivity index (χ2v) is 11.1. The Kier molecular flexibility index (Phi) is 6.95. The van der Waals surface area contributed by atoms with Gasteiger partial charge in [-0.25, -0.2) is 8.42 Å². The number of amides is 1. The zero-order valence-electron chi connectivity index (χ0n) is 17.7. The molecule has 1 aromatic carbocycles. The molecule has 168 valence electrons. The summed E-state index contributed by atoms with van der Waals surface area (Å²) >= 11 is 1.19. The lowest BCUT2D eigenvalue weighted by Gasteiger charge is -2.29. The average Bonchev–Trinajstić information content (AvgIpc) is 3.56. The minimum atomic E-state index is -3.64. The summed E-state index contributed by atoms with van der Waals surface area (Å²) in [6.45, 7) is 2.79. The fourth-order valence-electron chi connectivity index (χ4n) is 4.49. The Bertz CT molecular complexity index is 988. The van der Waals surface area contributed by atoms with Gasteiger partial charge in [0, 0.05) is 13.1 Å². The van der Waals surface area contributed by atoms with Crippen LogP contribution in [0.4, 0.5) is 0 Å². The van der Waals surface area contributed by atoms with Crippen LogP contribution in [0.1, 0.15) is 37.3 Å². The number of carbonyl (C=O) groups is 1. The van der Waals surface area contributed by atoms with Gasteiger partial charge in [-0.1, -0.05) is 18.2 Å². The number of nitrogens with one attached hydrogen (secondary N) is 1. The zero-order chi connectivity index (χ0) is 21.8. The van der Waals surface area contributed by atoms with Gasteiger partial charge in [0.25, 0.3) is 10.0 Å². The Morgan fingerprint density at radius 1 is 1.19 bits per heavy atom. The van der Waals surface area contributed by atoms with E-state index in [4.69, 9.17) is 4.74 Å². The van der Waals surface area contributed by atoms with Gasteiger partial charge >= 0.3 is 0 Å². The van der Waals surface area contributed by atoms with Crippen LogP contribution in [-0.4, -0.2) is 62.9 Å². The van der Waals surface area contributed by atoms with E-state index in [-0.39, 0.29) is 11.9 Å². The zero-order valence-corrected chi connectivity index (χ0v) is 19.3. The summed E-state index contributed by atoms with van der Waals surface area (Å²) in [5.74, 6) is 0.571. The standard InChI is InChI=1S/C22H29N3O4S2/c1-29-18-8-4-7-17(15-18)20(24-11-2-3-12-24)16-23-22(26)19-9-5-13-25(19)31(27,28)21-10-6-14-30-21/h4,6-8,10,14-15,19-20H,2-3,5,9,11-13,16H2,1H3,(H,23,26). The normalized spacial score (nSPS) is 21.3. The van der Waals surface area contributed by atoms with E-state index in [1.165, 1.54) is 15.6 Å². The monoisotopic (exact) mass is 463 g/mol. The van der Waals surface area contributed by atoms with Crippen molar-refractivity contribution in [3.63, 3.8) is 0 Å². The van der Waals surface area contributed by atoms with E-state index in [9.17, 15) is 13.2 Å². The molecular weight excluding hydrogens is 434 g/mol. The van der Waals surface area contributed by atoms with Crippen LogP contribution >= 0.6 is 11.3 Å². The van der Waals surface area contributed by atoms with Crippen molar-refractivity contribution in [3.05, 3.63) is 47.3 Å². The second-order valence-electron chi connectivity index (χ2n) is 7.99. The number of rotatable bonds is 8. The minimum Gasteiger partial charge on any atom is -0.497 e. The highest BCUT2D eigenvalue weighted by Crippen LogP contribution is 2.30. The van der Waals surface area contributed by atoms with Crippen molar-refractivity contribution < 1.29 is 17.9 Å². The topological polar surface area (TPSA) is 79.0 Å². The van der Waals surface area contributed by atoms with Gasteiger partial charge in [-0.15, -0.1) is 11.3 Å². The first kappa shape index (κ1) is 22.3. The summed E-state index contributed by atoms with van der Waals surface area (Å²) < 4.78 is 33.0. The smallest absolute Gasteiger partial charge is 0.253 e. The van der Waals surface area contributed by atoms with E-state index >= 15 is 0 Å². The number of sulfonamides is 1. The number of carbonyl (C=O) groups excluding carboxylic acids is 1. The Morgan fingerprint density at radius 3 is 2.71 bits per heavy atom. The maximum absolute atomic E-state index is 13.1. The highest BCUT2D eigenvalue weighted by atomic mass is 32.2. The van der Waals surface area contributed by atoms with Crippen molar-refractivity contribution >= 4 is 27.3 Å². The third-order valence-corrected chi connectivity index (χ3v) is 9.38. The molecule has 0 spiro atoms. The highest BCUT2D eigenvalue weighted by Gasteiger charge is 2.40. The number of ether oxygens (including phenoxy) is 1. The fourth-order valence-corrected chi connectivity index (χ4v) is 7.27. The molecule has 2 aliphatic rings. The molecule has 2 saturated heterocycles. The van der Waals surface area contributed by atoms with E-state index in [1.807, 2.05) is 18.2 Å². The molecule has 0 aliphatic carbocycles. The lowest BCUT2D eigenvalue weighted by atomic mass is 10.0. The van der Waals surface area contributed by atoms with Gasteiger partial charge in [0.1, 0.15) is 16.0 Å². The van der Waals surface area contributed by atoms with E-state index < -0.39 is 16.1 Å². The van der Waals surface area contributed by atoms with Crippen molar-refractivity contribution in [2.24, 2.45) is 0 Å². The number of benzene rings is 1. The number of methoxy groups -OCH3 is 1. The van der Waals surface area contributed by atoms with Gasteiger partial charge in [0.15, 0.2) is 0 Å². The summed E-state index contributed by atoms with van der Waals surface area (Å²) in [6.07, 6.45) is 3.52. The maximum atomic E-state index is 13.1. The Morgan fingerprint density at radius 2 is 2.00 bits per heavy atom. The van der Waals surface area contributed by atoms with E-state index in [1.54, 1.807) is 24.6 Å². The predicted octanol–water partition coefficient (Wildman–Crippen LogP) is 2.86. The van der Waals surface area contributed by atoms with Gasteiger partial charge in [-0.3, -0.25) is 9.69 Å². The number of likely N-dealkylation sites (tertiary alicyclic amines) is 1. The molecule has 2 unspecified atom stereocenters. The molecule has 4 rings (SSSR count). The van der Waals surface area contributed by atoms with E-state index in [0.717, 1.165) is 37.2 Å². The Balaban J connectivity index is 1.48. The van der Waals surface area contributed by atoms with Crippen LogP contribution in [0.15, 0.2) is 46.0 Å². The third kappa shape index (κ3) is 4.79. The van der Waals surface area contributed by atoms with Crippen molar-refractivity contribution in [1.29, 1.82) is 0 Å². The van der Waals surface area contributed by atoms with E-state index in [0.29, 0.717) is 30.1 Å². The van der Waals surface area contributed by atoms with Gasteiger partial charge < -0.3 is 10.1 Å². The van der Waals surface area contributed by atoms with Gasteiger partial charge in [-0.2, -0.15) is 4.31 Å². The highest BCUT2D eigenvalue weighted by molar-refractivity contribution is 7.91. The second kappa shape index (κ2) is 9.68. The SMILES string of the molecule is COc1cccc(C(CNC(=O)C2CCCN2S(=O)(=O)c2cccs2)N2CCCC2)c1. The molecule has 2 fully saturated rings. The molecule has 1 N–H and O–H groups in total. The van der Waals surface area contributed by atoms with Crippen molar-refractivity contribution in [1.82, 2.24) is 14.5 Å². The minimum absolute atomic E-state index is 0.0327. The van der Waals surface area contributed by atoms with Gasteiger partial charge in [-0.05, 0) is 67.9 Å². The first-order chi connectivity index (χ1) is 15.0. The van der Waals surface area contributed by atoms with Crippen LogP contribution in [0.3, 0.4) is 0 Å². The van der Waals surface area contributed by atoms with Crippen molar-refractivity contribution in [2.45, 2.75) is 42.0 Å². The van der Waals surface area contributed by atoms with Crippen LogP contribution in [0.25, 0.3) is 0 Å². The lowest BCUT2D eigenvalue weighted by Crippen LogP contribution is -2.47. The molecule has 2 aromatic rings. The predicted molar refractivity (Wildman–Crippen MR) is 121 cm³/mol. The molecule has 31 heavy (non-hydrogen) atoms. The van der Waals surface area contributed by atoms with Crippen LogP contribution in [0.2, 0.25) is 0 Å². The molecule has 7 nitrogen and oxygen atoms in total. The van der Waals surface area contributed by atoms with Gasteiger partial charge in [0.2, 0.25) is 5.91 Å². The Hall–Kier alpha value is -1.94. The van der Waals surface area contributed by atoms with Crippen molar-refractivity contribution in [3.8, 4) is 5.75 Å². The van der Waals surface area contributed by atoms with Crippen LogP contribution < -0.4 is 10.1 Å². The average molecular weight is 464 g/mol. The first-order valence-corrected chi connectivity index (χ1v) is 13.0. The summed E-state index contributed by atoms with van der Waals surface area (Å²) in [7, 11) is -1.99. The summed E-state index contributed by atoms with van der Waals surface area (Å²) in [6, 6.07) is 10.6. The first-order valence-electron chi connectivity index (χ1n) is 10.7. The quantitative estimate of drug-likeness (QED) is 0.651. The molecule has 0 bridgehead atoms. The molecule has 2 aliphatic heterocycles. The number of nitrogens with zero attached hydrogens (tertiary/aromatic N) is 2. The molecule has 3 heterocycles. The summed E-state index contributed by atoms with van der Waals surface area (Å²) in [5, 5.41) is 4.80. The third-order valence-electron chi connectivity index (χ3n) is 6.09.